The zero-order valence-electron chi connectivity index (χ0n) is 24.8. The van der Waals surface area contributed by atoms with Gasteiger partial charge in [-0.1, -0.05) is 32.0 Å². The number of nitrogens with two attached hydrogens (primary N) is 1. The number of benzene rings is 3. The number of nitrogen functional groups attached to an aromatic ring is 1. The first-order chi connectivity index (χ1) is 20.9. The van der Waals surface area contributed by atoms with Crippen molar-refractivity contribution in [3.05, 3.63) is 88.9 Å². The average molecular weight is 620 g/mol. The highest BCUT2D eigenvalue weighted by Crippen LogP contribution is 2.31. The molecule has 0 unspecified atom stereocenters. The third-order valence-corrected chi connectivity index (χ3v) is 9.68. The number of halogens is 1. The molecule has 4 aromatic rings. The molecule has 1 aromatic heterocycles. The lowest BCUT2D eigenvalue weighted by atomic mass is 9.93. The van der Waals surface area contributed by atoms with Crippen LogP contribution >= 0.6 is 0 Å². The normalized spacial score (nSPS) is 17.8. The standard InChI is InChI=1S/C32H34FN5O5S/c1-5-44(41,42)28-11-8-22-13-21(28)16-38(4)31(39)29(36-23-7-10-25-26(14-23)27(33)15-35-30(25)34)20-6-9-24(18(2)12-20)19(3)17-43-32(40)37-22/h6-15,19,29,36H,5,16-17H2,1-4H3,(H2,34,35)(H,37,40)/t19-,29+/m0/s1. The van der Waals surface area contributed by atoms with Crippen LogP contribution in [0.15, 0.2) is 65.7 Å². The van der Waals surface area contributed by atoms with Crippen LogP contribution in [0.5, 0.6) is 0 Å². The molecular weight excluding hydrogens is 585 g/mol. The number of hydrogen-bond acceptors (Lipinski definition) is 8. The van der Waals surface area contributed by atoms with Crippen molar-refractivity contribution in [1.82, 2.24) is 9.88 Å². The van der Waals surface area contributed by atoms with E-state index >= 15 is 0 Å². The first-order valence-corrected chi connectivity index (χ1v) is 15.8. The first kappa shape index (κ1) is 30.7. The third-order valence-electron chi connectivity index (χ3n) is 7.86. The number of aryl methyl sites for hydroxylation is 1. The van der Waals surface area contributed by atoms with Crippen molar-refractivity contribution in [3.8, 4) is 0 Å². The summed E-state index contributed by atoms with van der Waals surface area (Å²) in [4.78, 5) is 32.2. The number of hydrogen-bond donors (Lipinski definition) is 3. The van der Waals surface area contributed by atoms with Gasteiger partial charge in [0.25, 0.3) is 0 Å². The Morgan fingerprint density at radius 1 is 1.11 bits per heavy atom. The van der Waals surface area contributed by atoms with Crippen LogP contribution in [0.3, 0.4) is 0 Å². The monoisotopic (exact) mass is 619 g/mol. The summed E-state index contributed by atoms with van der Waals surface area (Å²) in [5.41, 5.74) is 9.57. The fourth-order valence-corrected chi connectivity index (χ4v) is 6.55. The van der Waals surface area contributed by atoms with Crippen molar-refractivity contribution in [2.24, 2.45) is 0 Å². The lowest BCUT2D eigenvalue weighted by molar-refractivity contribution is -0.131. The summed E-state index contributed by atoms with van der Waals surface area (Å²) >= 11 is 0. The molecule has 6 rings (SSSR count). The number of nitrogens with one attached hydrogen (secondary N) is 2. The maximum atomic E-state index is 14.7. The second-order valence-corrected chi connectivity index (χ2v) is 13.2. The Labute approximate surface area is 255 Å². The molecule has 4 N–H and O–H groups in total. The molecule has 0 saturated heterocycles. The van der Waals surface area contributed by atoms with Crippen LogP contribution in [0, 0.1) is 12.7 Å². The molecule has 10 nitrogen and oxygen atoms in total. The zero-order chi connectivity index (χ0) is 31.8. The minimum atomic E-state index is -3.66. The van der Waals surface area contributed by atoms with Gasteiger partial charge in [0.2, 0.25) is 5.91 Å². The molecule has 44 heavy (non-hydrogen) atoms. The third kappa shape index (κ3) is 6.16. The van der Waals surface area contributed by atoms with Gasteiger partial charge in [-0.3, -0.25) is 10.1 Å². The Balaban J connectivity index is 1.61. The molecule has 3 aromatic carbocycles. The van der Waals surface area contributed by atoms with E-state index in [-0.39, 0.29) is 46.8 Å². The number of nitrogens with zero attached hydrogens (tertiary/aromatic N) is 2. The van der Waals surface area contributed by atoms with Gasteiger partial charge in [-0.15, -0.1) is 0 Å². The Morgan fingerprint density at radius 3 is 2.61 bits per heavy atom. The van der Waals surface area contributed by atoms with Crippen LogP contribution in [-0.4, -0.2) is 49.7 Å². The summed E-state index contributed by atoms with van der Waals surface area (Å²) in [6.45, 7) is 5.42. The van der Waals surface area contributed by atoms with E-state index in [4.69, 9.17) is 10.5 Å². The van der Waals surface area contributed by atoms with Gasteiger partial charge in [-0.05, 0) is 65.6 Å². The Hall–Kier alpha value is -4.71. The predicted molar refractivity (Wildman–Crippen MR) is 168 cm³/mol. The number of likely N-dealkylation sites (N-methyl/N-ethyl adjacent to an activating group) is 1. The molecular formula is C32H34FN5O5S. The van der Waals surface area contributed by atoms with Crippen molar-refractivity contribution in [3.63, 3.8) is 0 Å². The summed E-state index contributed by atoms with van der Waals surface area (Å²) in [5.74, 6) is -1.01. The van der Waals surface area contributed by atoms with Gasteiger partial charge in [0.1, 0.15) is 17.7 Å². The number of amides is 2. The number of fused-ring (bicyclic) bond motifs is 10. The zero-order valence-corrected chi connectivity index (χ0v) is 25.7. The molecule has 0 saturated carbocycles. The van der Waals surface area contributed by atoms with Crippen molar-refractivity contribution >= 4 is 49.8 Å². The van der Waals surface area contributed by atoms with Gasteiger partial charge in [0.05, 0.1) is 23.5 Å². The summed E-state index contributed by atoms with van der Waals surface area (Å²) < 4.78 is 46.1. The smallest absolute Gasteiger partial charge is 0.411 e. The van der Waals surface area contributed by atoms with Gasteiger partial charge in [0, 0.05) is 41.7 Å². The van der Waals surface area contributed by atoms with E-state index in [1.54, 1.807) is 32.2 Å². The first-order valence-electron chi connectivity index (χ1n) is 14.1. The number of pyridine rings is 1. The number of ether oxygens (including phenoxy) is 1. The molecule has 0 fully saturated rings. The van der Waals surface area contributed by atoms with Gasteiger partial charge >= 0.3 is 6.09 Å². The van der Waals surface area contributed by atoms with E-state index in [1.165, 1.54) is 23.1 Å². The fraction of sp³-hybridized carbons (Fsp3) is 0.281. The molecule has 0 radical (unpaired) electrons. The number of rotatable bonds is 4. The second kappa shape index (κ2) is 12.1. The maximum absolute atomic E-state index is 14.7. The minimum Gasteiger partial charge on any atom is -0.449 e. The molecule has 4 bridgehead atoms. The molecule has 2 atom stereocenters. The minimum absolute atomic E-state index is 0.0641. The highest BCUT2D eigenvalue weighted by atomic mass is 32.2. The Bertz CT molecular complexity index is 1880. The predicted octanol–water partition coefficient (Wildman–Crippen LogP) is 5.54. The van der Waals surface area contributed by atoms with Gasteiger partial charge in [-0.25, -0.2) is 22.6 Å². The average Bonchev–Trinajstić information content (AvgIpc) is 2.99. The van der Waals surface area contributed by atoms with E-state index in [0.29, 0.717) is 27.9 Å². The number of carbonyl (C=O) groups is 2. The fourth-order valence-electron chi connectivity index (χ4n) is 5.44. The van der Waals surface area contributed by atoms with Gasteiger partial charge in [-0.2, -0.15) is 0 Å². The van der Waals surface area contributed by atoms with Crippen LogP contribution in [-0.2, 0) is 25.9 Å². The molecule has 0 spiro atoms. The van der Waals surface area contributed by atoms with E-state index < -0.39 is 27.8 Å². The highest BCUT2D eigenvalue weighted by Gasteiger charge is 2.28. The summed E-state index contributed by atoms with van der Waals surface area (Å²) in [7, 11) is -2.08. The van der Waals surface area contributed by atoms with Gasteiger partial charge < -0.3 is 20.7 Å². The van der Waals surface area contributed by atoms with Gasteiger partial charge in [0.15, 0.2) is 9.84 Å². The maximum Gasteiger partial charge on any atom is 0.411 e. The molecule has 2 aliphatic heterocycles. The van der Waals surface area contributed by atoms with Crippen LogP contribution in [0.1, 0.15) is 48.1 Å². The Kier molecular flexibility index (Phi) is 8.46. The molecule has 0 aliphatic carbocycles. The Morgan fingerprint density at radius 2 is 1.89 bits per heavy atom. The SMILES string of the molecule is CCS(=O)(=O)c1ccc2cc1CN(C)C(=O)[C@H](Nc1ccc3c(N)ncc(F)c3c1)c1ccc(c(C)c1)[C@@H](C)COC(=O)N2. The summed E-state index contributed by atoms with van der Waals surface area (Å²) in [6, 6.07) is 14.1. The van der Waals surface area contributed by atoms with Crippen LogP contribution in [0.25, 0.3) is 10.8 Å². The van der Waals surface area contributed by atoms with Crippen molar-refractivity contribution in [1.29, 1.82) is 0 Å². The molecule has 230 valence electrons. The number of aromatic nitrogens is 1. The largest absolute Gasteiger partial charge is 0.449 e. The van der Waals surface area contributed by atoms with Crippen LogP contribution < -0.4 is 16.4 Å². The highest BCUT2D eigenvalue weighted by molar-refractivity contribution is 7.91. The summed E-state index contributed by atoms with van der Waals surface area (Å²) in [5, 5.41) is 6.63. The number of anilines is 3. The molecule has 12 heteroatoms. The van der Waals surface area contributed by atoms with Crippen LogP contribution in [0.4, 0.5) is 26.4 Å². The second-order valence-electron chi connectivity index (χ2n) is 11.0. The van der Waals surface area contributed by atoms with E-state index in [2.05, 4.69) is 15.6 Å². The lowest BCUT2D eigenvalue weighted by Crippen LogP contribution is -2.35. The molecule has 3 heterocycles. The van der Waals surface area contributed by atoms with Crippen LogP contribution in [0.2, 0.25) is 0 Å². The topological polar surface area (TPSA) is 144 Å². The quantitative estimate of drug-likeness (QED) is 0.270. The van der Waals surface area contributed by atoms with Crippen molar-refractivity contribution in [2.75, 3.05) is 35.8 Å². The molecule has 2 amide bonds. The van der Waals surface area contributed by atoms with Crippen molar-refractivity contribution in [2.45, 2.75) is 44.2 Å². The van der Waals surface area contributed by atoms with E-state index in [9.17, 15) is 22.4 Å². The van der Waals surface area contributed by atoms with E-state index in [1.807, 2.05) is 32.0 Å². The number of sulfone groups is 1. The molecule has 2 aliphatic rings. The summed E-state index contributed by atoms with van der Waals surface area (Å²) in [6.07, 6.45) is 0.381. The van der Waals surface area contributed by atoms with E-state index in [0.717, 1.165) is 17.3 Å². The van der Waals surface area contributed by atoms with Crippen molar-refractivity contribution < 1.29 is 27.1 Å². The number of carbonyl (C=O) groups excluding carboxylic acids is 2. The lowest BCUT2D eigenvalue weighted by Gasteiger charge is -2.28.